The maximum atomic E-state index is 12.5. The summed E-state index contributed by atoms with van der Waals surface area (Å²) in [6, 6.07) is 4.76. The Bertz CT molecular complexity index is 487. The SMILES string of the molecule is CCC1NC(=O)C(C(C)C)N(Cc2ccccn2)C1=O. The topological polar surface area (TPSA) is 62.3 Å². The lowest BCUT2D eigenvalue weighted by Gasteiger charge is -2.40. The highest BCUT2D eigenvalue weighted by atomic mass is 16.2. The zero-order valence-electron chi connectivity index (χ0n) is 12.2. The smallest absolute Gasteiger partial charge is 0.246 e. The molecule has 0 aromatic carbocycles. The summed E-state index contributed by atoms with van der Waals surface area (Å²) in [7, 11) is 0. The van der Waals surface area contributed by atoms with Gasteiger partial charge in [0.2, 0.25) is 11.8 Å². The Morgan fingerprint density at radius 2 is 2.10 bits per heavy atom. The first-order valence-electron chi connectivity index (χ1n) is 7.05. The van der Waals surface area contributed by atoms with E-state index in [1.54, 1.807) is 11.1 Å². The van der Waals surface area contributed by atoms with Crippen LogP contribution in [-0.2, 0) is 16.1 Å². The van der Waals surface area contributed by atoms with Crippen LogP contribution in [0.1, 0.15) is 32.9 Å². The van der Waals surface area contributed by atoms with E-state index in [4.69, 9.17) is 0 Å². The van der Waals surface area contributed by atoms with Gasteiger partial charge in [0.25, 0.3) is 0 Å². The number of nitrogens with one attached hydrogen (secondary N) is 1. The molecule has 20 heavy (non-hydrogen) atoms. The minimum absolute atomic E-state index is 0.0172. The quantitative estimate of drug-likeness (QED) is 0.902. The number of hydrogen-bond acceptors (Lipinski definition) is 3. The molecule has 0 saturated carbocycles. The minimum Gasteiger partial charge on any atom is -0.343 e. The number of aromatic nitrogens is 1. The van der Waals surface area contributed by atoms with Crippen molar-refractivity contribution >= 4 is 11.8 Å². The Morgan fingerprint density at radius 1 is 1.35 bits per heavy atom. The Labute approximate surface area is 119 Å². The molecule has 1 N–H and O–H groups in total. The molecule has 1 aromatic rings. The van der Waals surface area contributed by atoms with Gasteiger partial charge in [-0.1, -0.05) is 26.8 Å². The molecule has 108 valence electrons. The second-order valence-electron chi connectivity index (χ2n) is 5.45. The molecule has 5 nitrogen and oxygen atoms in total. The molecule has 2 heterocycles. The Morgan fingerprint density at radius 3 is 2.65 bits per heavy atom. The normalized spacial score (nSPS) is 23.1. The van der Waals surface area contributed by atoms with Crippen LogP contribution in [0.25, 0.3) is 0 Å². The maximum absolute atomic E-state index is 12.5. The van der Waals surface area contributed by atoms with E-state index in [9.17, 15) is 9.59 Å². The second-order valence-corrected chi connectivity index (χ2v) is 5.45. The van der Waals surface area contributed by atoms with Crippen LogP contribution in [0.4, 0.5) is 0 Å². The second kappa shape index (κ2) is 6.03. The summed E-state index contributed by atoms with van der Waals surface area (Å²) in [5, 5.41) is 2.81. The van der Waals surface area contributed by atoms with Gasteiger partial charge in [-0.15, -0.1) is 0 Å². The molecular weight excluding hydrogens is 254 g/mol. The van der Waals surface area contributed by atoms with E-state index < -0.39 is 12.1 Å². The van der Waals surface area contributed by atoms with Gasteiger partial charge < -0.3 is 10.2 Å². The van der Waals surface area contributed by atoms with Gasteiger partial charge in [0.05, 0.1) is 12.2 Å². The van der Waals surface area contributed by atoms with Crippen LogP contribution in [0.2, 0.25) is 0 Å². The molecule has 0 radical (unpaired) electrons. The predicted molar refractivity (Wildman–Crippen MR) is 75.6 cm³/mol. The van der Waals surface area contributed by atoms with E-state index in [1.807, 2.05) is 39.0 Å². The highest BCUT2D eigenvalue weighted by Crippen LogP contribution is 2.20. The van der Waals surface area contributed by atoms with E-state index in [1.165, 1.54) is 0 Å². The number of hydrogen-bond donors (Lipinski definition) is 1. The van der Waals surface area contributed by atoms with Crippen molar-refractivity contribution in [3.63, 3.8) is 0 Å². The van der Waals surface area contributed by atoms with Crippen LogP contribution in [0, 0.1) is 5.92 Å². The van der Waals surface area contributed by atoms with Crippen LogP contribution < -0.4 is 5.32 Å². The highest BCUT2D eigenvalue weighted by molar-refractivity contribution is 5.97. The van der Waals surface area contributed by atoms with Crippen molar-refractivity contribution in [2.75, 3.05) is 0 Å². The van der Waals surface area contributed by atoms with Crippen molar-refractivity contribution in [3.05, 3.63) is 30.1 Å². The van der Waals surface area contributed by atoms with E-state index in [2.05, 4.69) is 10.3 Å². The number of rotatable bonds is 4. The third-order valence-electron chi connectivity index (χ3n) is 3.60. The molecule has 1 saturated heterocycles. The molecule has 2 rings (SSSR count). The van der Waals surface area contributed by atoms with Crippen molar-refractivity contribution in [1.29, 1.82) is 0 Å². The van der Waals surface area contributed by atoms with Crippen LogP contribution in [0.15, 0.2) is 24.4 Å². The van der Waals surface area contributed by atoms with Gasteiger partial charge >= 0.3 is 0 Å². The number of nitrogens with zero attached hydrogens (tertiary/aromatic N) is 2. The first-order chi connectivity index (χ1) is 9.54. The third-order valence-corrected chi connectivity index (χ3v) is 3.60. The molecular formula is C15H21N3O2. The van der Waals surface area contributed by atoms with Crippen LogP contribution in [-0.4, -0.2) is 33.8 Å². The number of amides is 2. The largest absolute Gasteiger partial charge is 0.343 e. The summed E-state index contributed by atoms with van der Waals surface area (Å²) in [4.78, 5) is 30.6. The number of pyridine rings is 1. The fourth-order valence-corrected chi connectivity index (χ4v) is 2.58. The average Bonchev–Trinajstić information content (AvgIpc) is 2.43. The molecule has 1 fully saturated rings. The standard InChI is InChI=1S/C15H21N3O2/c1-4-12-15(20)18(9-11-7-5-6-8-16-11)13(10(2)3)14(19)17-12/h5-8,10,12-13H,4,9H2,1-3H3,(H,17,19). The van der Waals surface area contributed by atoms with Crippen molar-refractivity contribution in [2.45, 2.75) is 45.8 Å². The molecule has 0 aliphatic carbocycles. The minimum atomic E-state index is -0.424. The van der Waals surface area contributed by atoms with E-state index in [-0.39, 0.29) is 17.7 Å². The van der Waals surface area contributed by atoms with Crippen molar-refractivity contribution in [2.24, 2.45) is 5.92 Å². The fourth-order valence-electron chi connectivity index (χ4n) is 2.58. The Kier molecular flexibility index (Phi) is 4.37. The Hall–Kier alpha value is -1.91. The molecule has 0 spiro atoms. The number of piperazine rings is 1. The van der Waals surface area contributed by atoms with Crippen LogP contribution in [0.5, 0.6) is 0 Å². The summed E-state index contributed by atoms with van der Waals surface area (Å²) in [5.41, 5.74) is 0.802. The molecule has 1 aromatic heterocycles. The predicted octanol–water partition coefficient (Wildman–Crippen LogP) is 1.34. The lowest BCUT2D eigenvalue weighted by Crippen LogP contribution is -2.64. The summed E-state index contributed by atoms with van der Waals surface area (Å²) in [6.45, 7) is 6.19. The van der Waals surface area contributed by atoms with Gasteiger partial charge in [0, 0.05) is 6.20 Å². The zero-order chi connectivity index (χ0) is 14.7. The molecule has 2 atom stereocenters. The molecule has 1 aliphatic heterocycles. The Balaban J connectivity index is 2.27. The monoisotopic (exact) mass is 275 g/mol. The summed E-state index contributed by atoms with van der Waals surface area (Å²) in [6.07, 6.45) is 2.31. The van der Waals surface area contributed by atoms with Gasteiger partial charge in [-0.25, -0.2) is 0 Å². The van der Waals surface area contributed by atoms with Crippen molar-refractivity contribution < 1.29 is 9.59 Å². The van der Waals surface area contributed by atoms with Crippen LogP contribution >= 0.6 is 0 Å². The number of carbonyl (C=O) groups excluding carboxylic acids is 2. The summed E-state index contributed by atoms with van der Waals surface area (Å²) in [5.74, 6) is -0.0145. The van der Waals surface area contributed by atoms with E-state index >= 15 is 0 Å². The lowest BCUT2D eigenvalue weighted by molar-refractivity contribution is -0.152. The summed E-state index contributed by atoms with van der Waals surface area (Å²) >= 11 is 0. The van der Waals surface area contributed by atoms with Crippen molar-refractivity contribution in [1.82, 2.24) is 15.2 Å². The van der Waals surface area contributed by atoms with Gasteiger partial charge in [0.15, 0.2) is 0 Å². The molecule has 2 unspecified atom stereocenters. The maximum Gasteiger partial charge on any atom is 0.246 e. The van der Waals surface area contributed by atoms with Gasteiger partial charge in [0.1, 0.15) is 12.1 Å². The third kappa shape index (κ3) is 2.81. The molecule has 2 amide bonds. The van der Waals surface area contributed by atoms with E-state index in [0.717, 1.165) is 5.69 Å². The van der Waals surface area contributed by atoms with Crippen LogP contribution in [0.3, 0.4) is 0 Å². The first-order valence-corrected chi connectivity index (χ1v) is 7.05. The lowest BCUT2D eigenvalue weighted by atomic mass is 9.96. The first kappa shape index (κ1) is 14.5. The molecule has 1 aliphatic rings. The summed E-state index contributed by atoms with van der Waals surface area (Å²) < 4.78 is 0. The zero-order valence-corrected chi connectivity index (χ0v) is 12.2. The van der Waals surface area contributed by atoms with E-state index in [0.29, 0.717) is 13.0 Å². The molecule has 5 heteroatoms. The average molecular weight is 275 g/mol. The van der Waals surface area contributed by atoms with Crippen molar-refractivity contribution in [3.8, 4) is 0 Å². The molecule has 0 bridgehead atoms. The van der Waals surface area contributed by atoms with Gasteiger partial charge in [-0.2, -0.15) is 0 Å². The number of carbonyl (C=O) groups is 2. The fraction of sp³-hybridized carbons (Fsp3) is 0.533. The van der Waals surface area contributed by atoms with Gasteiger partial charge in [-0.05, 0) is 24.5 Å². The van der Waals surface area contributed by atoms with Gasteiger partial charge in [-0.3, -0.25) is 14.6 Å². The highest BCUT2D eigenvalue weighted by Gasteiger charge is 2.41.